The highest BCUT2D eigenvalue weighted by Crippen LogP contribution is 2.17. The maximum Gasteiger partial charge on any atom is 0.251 e. The lowest BCUT2D eigenvalue weighted by atomic mass is 9.96. The van der Waals surface area contributed by atoms with Gasteiger partial charge in [-0.1, -0.05) is 42.5 Å². The number of carbonyl (C=O) groups excluding carboxylic acids is 2. The largest absolute Gasteiger partial charge is 0.355 e. The molecule has 0 aliphatic carbocycles. The van der Waals surface area contributed by atoms with Crippen molar-refractivity contribution in [3.05, 3.63) is 70.8 Å². The normalized spacial score (nSPS) is 10.1. The first-order valence-electron chi connectivity index (χ1n) is 6.94. The summed E-state index contributed by atoms with van der Waals surface area (Å²) in [6.45, 7) is 0. The molecule has 5 heteroatoms. The molecule has 0 heterocycles. The van der Waals surface area contributed by atoms with Gasteiger partial charge in [-0.2, -0.15) is 0 Å². The van der Waals surface area contributed by atoms with Crippen molar-refractivity contribution in [3.63, 3.8) is 0 Å². The minimum atomic E-state index is -0.488. The van der Waals surface area contributed by atoms with Gasteiger partial charge in [0.05, 0.1) is 6.42 Å². The van der Waals surface area contributed by atoms with Crippen molar-refractivity contribution in [1.29, 1.82) is 0 Å². The van der Waals surface area contributed by atoms with E-state index in [9.17, 15) is 9.59 Å². The van der Waals surface area contributed by atoms with Crippen molar-refractivity contribution in [2.24, 2.45) is 0 Å². The Hall–Kier alpha value is -2.66. The number of benzene rings is 2. The summed E-state index contributed by atoms with van der Waals surface area (Å²) in [5.41, 5.74) is 4.86. The van der Waals surface area contributed by atoms with E-state index in [-0.39, 0.29) is 12.3 Å². The third kappa shape index (κ3) is 3.93. The van der Waals surface area contributed by atoms with E-state index >= 15 is 0 Å². The Labute approximate surface area is 128 Å². The van der Waals surface area contributed by atoms with E-state index in [1.165, 1.54) is 0 Å². The van der Waals surface area contributed by atoms with E-state index < -0.39 is 5.91 Å². The van der Waals surface area contributed by atoms with Crippen molar-refractivity contribution in [1.82, 2.24) is 10.8 Å². The molecule has 2 aromatic rings. The summed E-state index contributed by atoms with van der Waals surface area (Å²) in [4.78, 5) is 23.3. The summed E-state index contributed by atoms with van der Waals surface area (Å²) < 4.78 is 0. The number of nitrogens with one attached hydrogen (secondary N) is 2. The quantitative estimate of drug-likeness (QED) is 0.580. The lowest BCUT2D eigenvalue weighted by Gasteiger charge is -2.11. The Morgan fingerprint density at radius 1 is 1.05 bits per heavy atom. The van der Waals surface area contributed by atoms with E-state index in [1.807, 2.05) is 36.4 Å². The zero-order valence-corrected chi connectivity index (χ0v) is 12.3. The second-order valence-corrected chi connectivity index (χ2v) is 4.94. The van der Waals surface area contributed by atoms with Crippen molar-refractivity contribution in [2.75, 3.05) is 7.05 Å². The van der Waals surface area contributed by atoms with Crippen molar-refractivity contribution < 1.29 is 14.8 Å². The fourth-order valence-corrected chi connectivity index (χ4v) is 2.30. The first kappa shape index (κ1) is 15.7. The van der Waals surface area contributed by atoms with Crippen LogP contribution in [0.2, 0.25) is 0 Å². The maximum atomic E-state index is 12.0. The van der Waals surface area contributed by atoms with Crippen LogP contribution in [0.4, 0.5) is 0 Å². The van der Waals surface area contributed by atoms with Crippen LogP contribution in [0.3, 0.4) is 0 Å². The van der Waals surface area contributed by atoms with Gasteiger partial charge in [-0.05, 0) is 29.2 Å². The number of hydrogen-bond acceptors (Lipinski definition) is 3. The van der Waals surface area contributed by atoms with Crippen molar-refractivity contribution in [3.8, 4) is 0 Å². The molecule has 2 amide bonds. The molecule has 0 saturated heterocycles. The van der Waals surface area contributed by atoms with Crippen LogP contribution in [0.25, 0.3) is 0 Å². The second kappa shape index (κ2) is 7.38. The SMILES string of the molecule is CNC(=O)c1ccc(CC(=O)NO)cc1Cc1ccccc1. The van der Waals surface area contributed by atoms with Gasteiger partial charge in [-0.25, -0.2) is 5.48 Å². The van der Waals surface area contributed by atoms with Crippen LogP contribution < -0.4 is 10.8 Å². The average molecular weight is 298 g/mol. The summed E-state index contributed by atoms with van der Waals surface area (Å²) in [7, 11) is 1.59. The lowest BCUT2D eigenvalue weighted by Crippen LogP contribution is -2.22. The van der Waals surface area contributed by atoms with Crippen LogP contribution in [0.5, 0.6) is 0 Å². The van der Waals surface area contributed by atoms with Gasteiger partial charge in [-0.15, -0.1) is 0 Å². The first-order chi connectivity index (χ1) is 10.6. The molecule has 0 spiro atoms. The molecule has 114 valence electrons. The molecule has 0 aliphatic heterocycles. The van der Waals surface area contributed by atoms with Crippen LogP contribution >= 0.6 is 0 Å². The fourth-order valence-electron chi connectivity index (χ4n) is 2.30. The molecule has 2 aromatic carbocycles. The second-order valence-electron chi connectivity index (χ2n) is 4.94. The molecular weight excluding hydrogens is 280 g/mol. The number of hydrogen-bond donors (Lipinski definition) is 3. The highest BCUT2D eigenvalue weighted by molar-refractivity contribution is 5.95. The predicted molar refractivity (Wildman–Crippen MR) is 82.7 cm³/mol. The zero-order chi connectivity index (χ0) is 15.9. The number of carbonyl (C=O) groups is 2. The minimum absolute atomic E-state index is 0.0618. The van der Waals surface area contributed by atoms with Gasteiger partial charge in [-0.3, -0.25) is 14.8 Å². The Balaban J connectivity index is 2.35. The highest BCUT2D eigenvalue weighted by atomic mass is 16.5. The average Bonchev–Trinajstić information content (AvgIpc) is 2.55. The molecule has 5 nitrogen and oxygen atoms in total. The molecule has 3 N–H and O–H groups in total. The van der Waals surface area contributed by atoms with Gasteiger partial charge >= 0.3 is 0 Å². The molecule has 0 saturated carbocycles. The van der Waals surface area contributed by atoms with Crippen LogP contribution in [0.15, 0.2) is 48.5 Å². The summed E-state index contributed by atoms with van der Waals surface area (Å²) in [6, 6.07) is 15.0. The molecule has 2 rings (SSSR count). The highest BCUT2D eigenvalue weighted by Gasteiger charge is 2.12. The van der Waals surface area contributed by atoms with E-state index in [0.717, 1.165) is 16.7 Å². The van der Waals surface area contributed by atoms with E-state index in [2.05, 4.69) is 5.32 Å². The summed E-state index contributed by atoms with van der Waals surface area (Å²) in [6.07, 6.45) is 0.657. The van der Waals surface area contributed by atoms with Crippen molar-refractivity contribution >= 4 is 11.8 Å². The third-order valence-corrected chi connectivity index (χ3v) is 3.37. The summed E-state index contributed by atoms with van der Waals surface area (Å²) in [5.74, 6) is -0.651. The number of hydroxylamine groups is 1. The molecule has 22 heavy (non-hydrogen) atoms. The van der Waals surface area contributed by atoms with E-state index in [0.29, 0.717) is 12.0 Å². The van der Waals surface area contributed by atoms with Crippen LogP contribution in [0, 0.1) is 0 Å². The molecule has 0 atom stereocenters. The third-order valence-electron chi connectivity index (χ3n) is 3.37. The molecule has 0 aromatic heterocycles. The standard InChI is InChI=1S/C17H18N2O3/c1-18-17(21)15-8-7-13(11-16(20)19-22)10-14(15)9-12-5-3-2-4-6-12/h2-8,10,22H,9,11H2,1H3,(H,18,21)(H,19,20). The fraction of sp³-hybridized carbons (Fsp3) is 0.176. The topological polar surface area (TPSA) is 78.4 Å². The molecule has 0 fully saturated rings. The Kier molecular flexibility index (Phi) is 5.27. The summed E-state index contributed by atoms with van der Waals surface area (Å²) >= 11 is 0. The number of amides is 2. The zero-order valence-electron chi connectivity index (χ0n) is 12.3. The van der Waals surface area contributed by atoms with E-state index in [4.69, 9.17) is 5.21 Å². The molecule has 0 bridgehead atoms. The molecule has 0 aliphatic rings. The summed E-state index contributed by atoms with van der Waals surface area (Å²) in [5, 5.41) is 11.2. The molecule has 0 radical (unpaired) electrons. The van der Waals surface area contributed by atoms with Crippen molar-refractivity contribution in [2.45, 2.75) is 12.8 Å². The van der Waals surface area contributed by atoms with Gasteiger partial charge in [0.2, 0.25) is 5.91 Å². The van der Waals surface area contributed by atoms with Gasteiger partial charge in [0.25, 0.3) is 5.91 Å². The first-order valence-corrected chi connectivity index (χ1v) is 6.94. The molecular formula is C17H18N2O3. The Bertz CT molecular complexity index is 669. The van der Waals surface area contributed by atoms with E-state index in [1.54, 1.807) is 24.7 Å². The monoisotopic (exact) mass is 298 g/mol. The van der Waals surface area contributed by atoms with Gasteiger partial charge in [0.1, 0.15) is 0 Å². The Morgan fingerprint density at radius 3 is 2.41 bits per heavy atom. The van der Waals surface area contributed by atoms with Gasteiger partial charge in [0.15, 0.2) is 0 Å². The Morgan fingerprint density at radius 2 is 1.77 bits per heavy atom. The lowest BCUT2D eigenvalue weighted by molar-refractivity contribution is -0.128. The van der Waals surface area contributed by atoms with Gasteiger partial charge in [0, 0.05) is 12.6 Å². The molecule has 0 unspecified atom stereocenters. The van der Waals surface area contributed by atoms with Crippen LogP contribution in [-0.2, 0) is 17.6 Å². The predicted octanol–water partition coefficient (Wildman–Crippen LogP) is 1.68. The smallest absolute Gasteiger partial charge is 0.251 e. The van der Waals surface area contributed by atoms with Crippen LogP contribution in [-0.4, -0.2) is 24.1 Å². The van der Waals surface area contributed by atoms with Crippen LogP contribution in [0.1, 0.15) is 27.0 Å². The van der Waals surface area contributed by atoms with Gasteiger partial charge < -0.3 is 5.32 Å². The maximum absolute atomic E-state index is 12.0. The minimum Gasteiger partial charge on any atom is -0.355 e. The number of rotatable bonds is 5.